The van der Waals surface area contributed by atoms with E-state index >= 15 is 0 Å². The van der Waals surface area contributed by atoms with Gasteiger partial charge in [-0.05, 0) is 58.7 Å². The Kier molecular flexibility index (Phi) is 6.04. The van der Waals surface area contributed by atoms with Crippen LogP contribution in [0, 0.1) is 6.92 Å². The summed E-state index contributed by atoms with van der Waals surface area (Å²) in [5, 5.41) is 3.48. The van der Waals surface area contributed by atoms with Crippen molar-refractivity contribution in [2.75, 3.05) is 5.32 Å². The Bertz CT molecular complexity index is 1080. The number of nitrogens with two attached hydrogens (primary N) is 1. The lowest BCUT2D eigenvalue weighted by molar-refractivity contribution is 0.0954. The van der Waals surface area contributed by atoms with Crippen LogP contribution < -0.4 is 16.6 Å². The van der Waals surface area contributed by atoms with E-state index in [-0.39, 0.29) is 11.3 Å². The van der Waals surface area contributed by atoms with Crippen LogP contribution in [0.5, 0.6) is 0 Å². The van der Waals surface area contributed by atoms with Gasteiger partial charge in [0.1, 0.15) is 5.69 Å². The van der Waals surface area contributed by atoms with Crippen LogP contribution >= 0.6 is 39.1 Å². The van der Waals surface area contributed by atoms with Crippen LogP contribution in [-0.2, 0) is 0 Å². The molecule has 10 heteroatoms. The quantitative estimate of drug-likeness (QED) is 0.296. The van der Waals surface area contributed by atoms with Crippen molar-refractivity contribution >= 4 is 56.6 Å². The van der Waals surface area contributed by atoms with Crippen LogP contribution in [0.25, 0.3) is 5.82 Å². The number of carbonyl (C=O) groups excluding carboxylic acids is 2. The van der Waals surface area contributed by atoms with Gasteiger partial charge in [-0.2, -0.15) is 0 Å². The maximum Gasteiger partial charge on any atom is 0.272 e. The molecule has 0 unspecified atom stereocenters. The highest BCUT2D eigenvalue weighted by Gasteiger charge is 2.21. The zero-order chi connectivity index (χ0) is 20.4. The van der Waals surface area contributed by atoms with Crippen LogP contribution in [-0.4, -0.2) is 21.4 Å². The van der Waals surface area contributed by atoms with E-state index in [1.54, 1.807) is 48.1 Å². The van der Waals surface area contributed by atoms with Crippen molar-refractivity contribution in [3.05, 3.63) is 74.1 Å². The number of aromatic nitrogens is 2. The monoisotopic (exact) mass is 481 g/mol. The standard InChI is InChI=1S/C18H14BrCl2N5O2/c1-9-5-11(20)7-12(17(27)25-22)15(9)24-18(28)14-6-10(19)8-26(14)16-13(21)3-2-4-23-16/h2-8H,22H2,1H3,(H,24,28)(H,25,27). The molecule has 144 valence electrons. The second-order valence-electron chi connectivity index (χ2n) is 5.80. The van der Waals surface area contributed by atoms with Crippen molar-refractivity contribution in [1.82, 2.24) is 15.0 Å². The van der Waals surface area contributed by atoms with Gasteiger partial charge in [-0.3, -0.25) is 19.6 Å². The van der Waals surface area contributed by atoms with Crippen molar-refractivity contribution in [2.24, 2.45) is 5.84 Å². The zero-order valence-electron chi connectivity index (χ0n) is 14.5. The van der Waals surface area contributed by atoms with Gasteiger partial charge in [-0.25, -0.2) is 10.8 Å². The fourth-order valence-electron chi connectivity index (χ4n) is 2.68. The van der Waals surface area contributed by atoms with E-state index in [1.165, 1.54) is 6.07 Å². The number of halogens is 3. The minimum Gasteiger partial charge on any atom is -0.320 e. The topological polar surface area (TPSA) is 102 Å². The number of hydrogen-bond donors (Lipinski definition) is 3. The van der Waals surface area contributed by atoms with Crippen LogP contribution in [0.15, 0.2) is 47.2 Å². The Hall–Kier alpha value is -2.39. The molecule has 2 heterocycles. The van der Waals surface area contributed by atoms with E-state index in [4.69, 9.17) is 29.0 Å². The van der Waals surface area contributed by atoms with Crippen LogP contribution in [0.2, 0.25) is 10.0 Å². The Morgan fingerprint density at radius 1 is 1.21 bits per heavy atom. The molecule has 0 spiro atoms. The van der Waals surface area contributed by atoms with E-state index in [2.05, 4.69) is 26.2 Å². The fraction of sp³-hybridized carbons (Fsp3) is 0.0556. The first-order valence-corrected chi connectivity index (χ1v) is 9.48. The summed E-state index contributed by atoms with van der Waals surface area (Å²) in [6.45, 7) is 1.72. The highest BCUT2D eigenvalue weighted by molar-refractivity contribution is 9.10. The predicted octanol–water partition coefficient (Wildman–Crippen LogP) is 4.11. The third-order valence-electron chi connectivity index (χ3n) is 3.90. The van der Waals surface area contributed by atoms with Gasteiger partial charge in [0.15, 0.2) is 5.82 Å². The van der Waals surface area contributed by atoms with Gasteiger partial charge < -0.3 is 5.32 Å². The number of aryl methyl sites for hydroxylation is 1. The largest absolute Gasteiger partial charge is 0.320 e. The molecule has 0 atom stereocenters. The number of amides is 2. The number of anilines is 1. The van der Waals surface area contributed by atoms with E-state index in [9.17, 15) is 9.59 Å². The lowest BCUT2D eigenvalue weighted by atomic mass is 10.1. The van der Waals surface area contributed by atoms with Crippen LogP contribution in [0.4, 0.5) is 5.69 Å². The summed E-state index contributed by atoms with van der Waals surface area (Å²) in [6.07, 6.45) is 3.25. The van der Waals surface area contributed by atoms with Gasteiger partial charge in [0.25, 0.3) is 11.8 Å². The maximum absolute atomic E-state index is 13.0. The molecule has 2 aromatic heterocycles. The van der Waals surface area contributed by atoms with E-state index < -0.39 is 11.8 Å². The van der Waals surface area contributed by atoms with Gasteiger partial charge in [-0.15, -0.1) is 0 Å². The molecule has 28 heavy (non-hydrogen) atoms. The van der Waals surface area contributed by atoms with Crippen molar-refractivity contribution in [3.63, 3.8) is 0 Å². The molecule has 7 nitrogen and oxygen atoms in total. The predicted molar refractivity (Wildman–Crippen MR) is 112 cm³/mol. The number of nitrogen functional groups attached to an aromatic ring is 1. The number of benzene rings is 1. The Morgan fingerprint density at radius 2 is 1.96 bits per heavy atom. The smallest absolute Gasteiger partial charge is 0.272 e. The minimum absolute atomic E-state index is 0.147. The number of pyridine rings is 1. The maximum atomic E-state index is 13.0. The van der Waals surface area contributed by atoms with Gasteiger partial charge in [-0.1, -0.05) is 23.2 Å². The molecule has 1 aromatic carbocycles. The Morgan fingerprint density at radius 3 is 2.64 bits per heavy atom. The average molecular weight is 483 g/mol. The average Bonchev–Trinajstić information content (AvgIpc) is 3.05. The molecule has 0 aliphatic heterocycles. The van der Waals surface area contributed by atoms with Crippen LogP contribution in [0.1, 0.15) is 26.4 Å². The zero-order valence-corrected chi connectivity index (χ0v) is 17.6. The molecule has 0 bridgehead atoms. The number of carbonyl (C=O) groups is 2. The molecule has 0 aliphatic rings. The van der Waals surface area contributed by atoms with E-state index in [1.807, 2.05) is 5.43 Å². The Labute approximate surface area is 178 Å². The van der Waals surface area contributed by atoms with E-state index in [0.29, 0.717) is 31.6 Å². The molecule has 0 aliphatic carbocycles. The number of nitrogens with one attached hydrogen (secondary N) is 2. The number of hydrogen-bond acceptors (Lipinski definition) is 4. The molecule has 0 fully saturated rings. The summed E-state index contributed by atoms with van der Waals surface area (Å²) in [5.41, 5.74) is 3.36. The normalized spacial score (nSPS) is 10.6. The number of rotatable bonds is 4. The van der Waals surface area contributed by atoms with E-state index in [0.717, 1.165) is 0 Å². The highest BCUT2D eigenvalue weighted by Crippen LogP contribution is 2.28. The number of nitrogens with zero attached hydrogens (tertiary/aromatic N) is 2. The molecule has 0 saturated heterocycles. The molecular weight excluding hydrogens is 469 g/mol. The van der Waals surface area contributed by atoms with Gasteiger partial charge in [0.05, 0.1) is 16.3 Å². The third kappa shape index (κ3) is 4.05. The molecular formula is C18H14BrCl2N5O2. The van der Waals surface area contributed by atoms with Gasteiger partial charge in [0.2, 0.25) is 0 Å². The van der Waals surface area contributed by atoms with Gasteiger partial charge >= 0.3 is 0 Å². The molecule has 4 N–H and O–H groups in total. The lowest BCUT2D eigenvalue weighted by Crippen LogP contribution is -2.31. The minimum atomic E-state index is -0.578. The summed E-state index contributed by atoms with van der Waals surface area (Å²) in [7, 11) is 0. The summed E-state index contributed by atoms with van der Waals surface area (Å²) in [4.78, 5) is 29.4. The second-order valence-corrected chi connectivity index (χ2v) is 7.55. The SMILES string of the molecule is Cc1cc(Cl)cc(C(=O)NN)c1NC(=O)c1cc(Br)cn1-c1ncccc1Cl. The number of hydrazine groups is 1. The molecule has 0 radical (unpaired) electrons. The fourth-order valence-corrected chi connectivity index (χ4v) is 3.59. The third-order valence-corrected chi connectivity index (χ3v) is 4.85. The summed E-state index contributed by atoms with van der Waals surface area (Å²) >= 11 is 15.6. The summed E-state index contributed by atoms with van der Waals surface area (Å²) < 4.78 is 2.21. The highest BCUT2D eigenvalue weighted by atomic mass is 79.9. The first-order chi connectivity index (χ1) is 13.3. The van der Waals surface area contributed by atoms with Crippen molar-refractivity contribution in [2.45, 2.75) is 6.92 Å². The Balaban J connectivity index is 2.05. The van der Waals surface area contributed by atoms with Crippen LogP contribution in [0.3, 0.4) is 0 Å². The van der Waals surface area contributed by atoms with Gasteiger partial charge in [0, 0.05) is 21.9 Å². The lowest BCUT2D eigenvalue weighted by Gasteiger charge is -2.15. The van der Waals surface area contributed by atoms with Crippen molar-refractivity contribution in [3.8, 4) is 5.82 Å². The second kappa shape index (κ2) is 8.32. The van der Waals surface area contributed by atoms with Crippen molar-refractivity contribution in [1.29, 1.82) is 0 Å². The molecule has 3 rings (SSSR count). The first-order valence-electron chi connectivity index (χ1n) is 7.93. The molecule has 2 amide bonds. The molecule has 3 aromatic rings. The molecule has 0 saturated carbocycles. The van der Waals surface area contributed by atoms with Crippen molar-refractivity contribution < 1.29 is 9.59 Å². The first kappa shape index (κ1) is 20.3. The summed E-state index contributed by atoms with van der Waals surface area (Å²) in [6, 6.07) is 8.05. The summed E-state index contributed by atoms with van der Waals surface area (Å²) in [5.74, 6) is 4.60.